The van der Waals surface area contributed by atoms with Gasteiger partial charge < -0.3 is 10.0 Å². The third-order valence-corrected chi connectivity index (χ3v) is 3.77. The minimum Gasteiger partial charge on any atom is -0.481 e. The molecule has 118 valence electrons. The van der Waals surface area contributed by atoms with Crippen LogP contribution in [0.1, 0.15) is 24.8 Å². The van der Waals surface area contributed by atoms with E-state index in [0.29, 0.717) is 6.42 Å². The van der Waals surface area contributed by atoms with Crippen molar-refractivity contribution in [2.24, 2.45) is 0 Å². The second kappa shape index (κ2) is 7.51. The van der Waals surface area contributed by atoms with Crippen LogP contribution >= 0.6 is 0 Å². The zero-order valence-corrected chi connectivity index (χ0v) is 13.7. The smallest absolute Gasteiger partial charge is 0.311 e. The van der Waals surface area contributed by atoms with E-state index in [2.05, 4.69) is 24.0 Å². The standard InChI is InChI=1S/C20H21NO2/c1-4-5-11-18(20(22)23)16-12-13-17(19(14-16)21(2)3)15-9-7-6-8-10-15/h6-10,12-14,18H,11H2,1-3H3,(H,22,23). The lowest BCUT2D eigenvalue weighted by Gasteiger charge is -2.20. The Morgan fingerprint density at radius 1 is 1.17 bits per heavy atom. The molecular formula is C20H21NO2. The Kier molecular flexibility index (Phi) is 5.43. The van der Waals surface area contributed by atoms with E-state index < -0.39 is 11.9 Å². The van der Waals surface area contributed by atoms with E-state index in [9.17, 15) is 9.90 Å². The minimum absolute atomic E-state index is 0.323. The molecule has 2 aromatic carbocycles. The fraction of sp³-hybridized carbons (Fsp3) is 0.250. The zero-order chi connectivity index (χ0) is 16.8. The van der Waals surface area contributed by atoms with E-state index in [1.807, 2.05) is 55.4 Å². The maximum atomic E-state index is 11.6. The quantitative estimate of drug-likeness (QED) is 0.849. The van der Waals surface area contributed by atoms with Crippen LogP contribution in [0.25, 0.3) is 11.1 Å². The molecule has 1 N–H and O–H groups in total. The third-order valence-electron chi connectivity index (χ3n) is 3.77. The molecule has 2 rings (SSSR count). The highest BCUT2D eigenvalue weighted by Gasteiger charge is 2.20. The number of benzene rings is 2. The molecule has 0 radical (unpaired) electrons. The number of hydrogen-bond donors (Lipinski definition) is 1. The zero-order valence-electron chi connectivity index (χ0n) is 13.7. The number of hydrogen-bond acceptors (Lipinski definition) is 2. The van der Waals surface area contributed by atoms with Gasteiger partial charge in [0.15, 0.2) is 0 Å². The van der Waals surface area contributed by atoms with Crippen LogP contribution in [0.15, 0.2) is 48.5 Å². The average Bonchev–Trinajstić information content (AvgIpc) is 2.55. The maximum Gasteiger partial charge on any atom is 0.311 e. The van der Waals surface area contributed by atoms with Gasteiger partial charge in [0.25, 0.3) is 0 Å². The Labute approximate surface area is 137 Å². The minimum atomic E-state index is -0.843. The number of nitrogens with zero attached hydrogens (tertiary/aromatic N) is 1. The number of aliphatic carboxylic acids is 1. The predicted octanol–water partition coefficient (Wildman–Crippen LogP) is 4.00. The Morgan fingerprint density at radius 2 is 1.87 bits per heavy atom. The molecular weight excluding hydrogens is 286 g/mol. The summed E-state index contributed by atoms with van der Waals surface area (Å²) in [5.74, 6) is 4.20. The second-order valence-corrected chi connectivity index (χ2v) is 5.56. The molecule has 0 spiro atoms. The number of rotatable bonds is 5. The molecule has 3 heteroatoms. The number of anilines is 1. The van der Waals surface area contributed by atoms with Crippen LogP contribution in [-0.2, 0) is 4.79 Å². The Hall–Kier alpha value is -2.73. The summed E-state index contributed by atoms with van der Waals surface area (Å²) in [4.78, 5) is 13.6. The largest absolute Gasteiger partial charge is 0.481 e. The number of carbonyl (C=O) groups is 1. The van der Waals surface area contributed by atoms with Gasteiger partial charge in [-0.2, -0.15) is 0 Å². The van der Waals surface area contributed by atoms with Gasteiger partial charge in [0, 0.05) is 31.8 Å². The van der Waals surface area contributed by atoms with Crippen molar-refractivity contribution in [1.29, 1.82) is 0 Å². The van der Waals surface area contributed by atoms with Crippen LogP contribution in [-0.4, -0.2) is 25.2 Å². The molecule has 0 fully saturated rings. The predicted molar refractivity (Wildman–Crippen MR) is 94.6 cm³/mol. The molecule has 0 saturated heterocycles. The molecule has 2 aromatic rings. The first-order valence-corrected chi connectivity index (χ1v) is 7.53. The van der Waals surface area contributed by atoms with Crippen LogP contribution in [0.3, 0.4) is 0 Å². The second-order valence-electron chi connectivity index (χ2n) is 5.56. The molecule has 0 aliphatic carbocycles. The van der Waals surface area contributed by atoms with Gasteiger partial charge in [-0.25, -0.2) is 0 Å². The lowest BCUT2D eigenvalue weighted by Crippen LogP contribution is -2.14. The summed E-state index contributed by atoms with van der Waals surface area (Å²) in [6, 6.07) is 15.9. The van der Waals surface area contributed by atoms with E-state index in [1.54, 1.807) is 6.92 Å². The summed E-state index contributed by atoms with van der Waals surface area (Å²) in [6.07, 6.45) is 0.323. The summed E-state index contributed by atoms with van der Waals surface area (Å²) >= 11 is 0. The Morgan fingerprint density at radius 3 is 2.43 bits per heavy atom. The highest BCUT2D eigenvalue weighted by Crippen LogP contribution is 2.33. The molecule has 1 unspecified atom stereocenters. The molecule has 3 nitrogen and oxygen atoms in total. The molecule has 0 aliphatic rings. The third kappa shape index (κ3) is 3.92. The average molecular weight is 307 g/mol. The van der Waals surface area contributed by atoms with Gasteiger partial charge in [0.2, 0.25) is 0 Å². The van der Waals surface area contributed by atoms with Gasteiger partial charge in [-0.3, -0.25) is 4.79 Å². The molecule has 0 amide bonds. The van der Waals surface area contributed by atoms with Gasteiger partial charge in [0.05, 0.1) is 5.92 Å². The van der Waals surface area contributed by atoms with Gasteiger partial charge >= 0.3 is 5.97 Å². The van der Waals surface area contributed by atoms with E-state index in [4.69, 9.17) is 0 Å². The number of carboxylic acids is 1. The van der Waals surface area contributed by atoms with Crippen molar-refractivity contribution >= 4 is 11.7 Å². The first-order valence-electron chi connectivity index (χ1n) is 7.53. The fourth-order valence-electron chi connectivity index (χ4n) is 2.55. The normalized spacial score (nSPS) is 11.3. The van der Waals surface area contributed by atoms with E-state index in [1.165, 1.54) is 0 Å². The van der Waals surface area contributed by atoms with Crippen molar-refractivity contribution in [3.05, 3.63) is 54.1 Å². The highest BCUT2D eigenvalue weighted by molar-refractivity contribution is 5.82. The molecule has 0 aliphatic heterocycles. The lowest BCUT2D eigenvalue weighted by molar-refractivity contribution is -0.138. The van der Waals surface area contributed by atoms with Crippen LogP contribution in [0, 0.1) is 11.8 Å². The Bertz CT molecular complexity index is 739. The van der Waals surface area contributed by atoms with Gasteiger partial charge in [-0.15, -0.1) is 11.8 Å². The van der Waals surface area contributed by atoms with Crippen molar-refractivity contribution in [2.45, 2.75) is 19.3 Å². The van der Waals surface area contributed by atoms with E-state index >= 15 is 0 Å². The van der Waals surface area contributed by atoms with Gasteiger partial charge in [-0.05, 0) is 24.1 Å². The molecule has 1 atom stereocenters. The molecule has 0 bridgehead atoms. The first kappa shape index (κ1) is 16.6. The van der Waals surface area contributed by atoms with E-state index in [0.717, 1.165) is 22.4 Å². The van der Waals surface area contributed by atoms with Gasteiger partial charge in [-0.1, -0.05) is 42.5 Å². The number of carboxylic acid groups (broad SMARTS) is 1. The topological polar surface area (TPSA) is 40.5 Å². The van der Waals surface area contributed by atoms with Gasteiger partial charge in [0.1, 0.15) is 0 Å². The van der Waals surface area contributed by atoms with Crippen LogP contribution < -0.4 is 4.90 Å². The highest BCUT2D eigenvalue weighted by atomic mass is 16.4. The van der Waals surface area contributed by atoms with Crippen LogP contribution in [0.4, 0.5) is 5.69 Å². The van der Waals surface area contributed by atoms with Crippen molar-refractivity contribution < 1.29 is 9.90 Å². The van der Waals surface area contributed by atoms with Crippen LogP contribution in [0.2, 0.25) is 0 Å². The summed E-state index contributed by atoms with van der Waals surface area (Å²) < 4.78 is 0. The summed E-state index contributed by atoms with van der Waals surface area (Å²) in [6.45, 7) is 1.72. The van der Waals surface area contributed by atoms with Crippen LogP contribution in [0.5, 0.6) is 0 Å². The van der Waals surface area contributed by atoms with Crippen molar-refractivity contribution in [3.8, 4) is 23.0 Å². The van der Waals surface area contributed by atoms with Crippen molar-refractivity contribution in [3.63, 3.8) is 0 Å². The molecule has 0 saturated carbocycles. The molecule has 0 heterocycles. The monoisotopic (exact) mass is 307 g/mol. The van der Waals surface area contributed by atoms with Crippen molar-refractivity contribution in [1.82, 2.24) is 0 Å². The summed E-state index contributed by atoms with van der Waals surface area (Å²) in [5, 5.41) is 9.49. The van der Waals surface area contributed by atoms with Crippen molar-refractivity contribution in [2.75, 3.05) is 19.0 Å². The molecule has 23 heavy (non-hydrogen) atoms. The summed E-state index contributed by atoms with van der Waals surface area (Å²) in [5.41, 5.74) is 3.99. The van der Waals surface area contributed by atoms with E-state index in [-0.39, 0.29) is 0 Å². The Balaban J connectivity index is 2.50. The summed E-state index contributed by atoms with van der Waals surface area (Å²) in [7, 11) is 3.93. The maximum absolute atomic E-state index is 11.6. The fourth-order valence-corrected chi connectivity index (χ4v) is 2.55. The first-order chi connectivity index (χ1) is 11.0. The molecule has 0 aromatic heterocycles. The SMILES string of the molecule is CC#CCC(C(=O)O)c1ccc(-c2ccccc2)c(N(C)C)c1. The lowest BCUT2D eigenvalue weighted by atomic mass is 9.92.